The molecule has 0 saturated heterocycles. The van der Waals surface area contributed by atoms with Crippen molar-refractivity contribution in [3.63, 3.8) is 0 Å². The number of rotatable bonds is 3. The quantitative estimate of drug-likeness (QED) is 0.715. The minimum atomic E-state index is -3.55. The van der Waals surface area contributed by atoms with Gasteiger partial charge in [0.1, 0.15) is 10.0 Å². The Labute approximate surface area is 124 Å². The summed E-state index contributed by atoms with van der Waals surface area (Å²) in [5, 5.41) is 0. The first kappa shape index (κ1) is 14.5. The molecule has 0 radical (unpaired) electrons. The zero-order chi connectivity index (χ0) is 11.4. The van der Waals surface area contributed by atoms with Gasteiger partial charge in [0.2, 0.25) is 0 Å². The van der Waals surface area contributed by atoms with Gasteiger partial charge in [0.05, 0.1) is 4.90 Å². The van der Waals surface area contributed by atoms with Gasteiger partial charge in [-0.05, 0) is 25.0 Å². The van der Waals surface area contributed by atoms with Crippen LogP contribution in [0.2, 0.25) is 0 Å². The molecule has 1 aliphatic carbocycles. The number of hydrogen-bond donors (Lipinski definition) is 0. The van der Waals surface area contributed by atoms with E-state index in [2.05, 4.69) is 4.72 Å². The Bertz CT molecular complexity index is 521. The van der Waals surface area contributed by atoms with E-state index in [9.17, 15) is 8.42 Å². The number of benzene rings is 1. The number of nitrogens with zero attached hydrogens (tertiary/aromatic N) is 1. The second-order valence-corrected chi connectivity index (χ2v) is 5.09. The van der Waals surface area contributed by atoms with Gasteiger partial charge in [-0.1, -0.05) is 36.4 Å². The van der Waals surface area contributed by atoms with Gasteiger partial charge in [-0.25, -0.2) is 8.42 Å². The van der Waals surface area contributed by atoms with Crippen LogP contribution in [0.25, 0.3) is 4.72 Å². The topological polar surface area (TPSA) is 48.2 Å². The van der Waals surface area contributed by atoms with Crippen molar-refractivity contribution in [2.24, 2.45) is 0 Å². The normalized spacial score (nSPS) is 14.7. The van der Waals surface area contributed by atoms with E-state index in [1.54, 1.807) is 36.4 Å². The molecule has 1 aromatic rings. The molecule has 3 nitrogen and oxygen atoms in total. The maximum atomic E-state index is 11.9. The van der Waals surface area contributed by atoms with E-state index < -0.39 is 10.0 Å². The first-order valence-corrected chi connectivity index (χ1v) is 6.52. The van der Waals surface area contributed by atoms with Gasteiger partial charge < -0.3 is 4.72 Å². The summed E-state index contributed by atoms with van der Waals surface area (Å²) < 4.78 is 27.5. The van der Waals surface area contributed by atoms with Gasteiger partial charge in [-0.3, -0.25) is 0 Å². The molecule has 0 unspecified atom stereocenters. The Kier molecular flexibility index (Phi) is 5.46. The molecule has 0 aromatic heterocycles. The van der Waals surface area contributed by atoms with Crippen molar-refractivity contribution in [1.29, 1.82) is 0 Å². The Hall–Kier alpha value is -0.550. The Balaban J connectivity index is 0.00000144. The Morgan fingerprint density at radius 1 is 1.06 bits per heavy atom. The molecule has 1 aromatic carbocycles. The summed E-state index contributed by atoms with van der Waals surface area (Å²) in [6, 6.07) is 8.25. The smallest absolute Gasteiger partial charge is 0.573 e. The van der Waals surface area contributed by atoms with E-state index in [0.29, 0.717) is 5.70 Å². The molecule has 0 saturated carbocycles. The van der Waals surface area contributed by atoms with E-state index in [4.69, 9.17) is 0 Å². The molecule has 5 heteroatoms. The predicted molar refractivity (Wildman–Crippen MR) is 63.4 cm³/mol. The summed E-state index contributed by atoms with van der Waals surface area (Å²) >= 11 is 0. The van der Waals surface area contributed by atoms with Crippen molar-refractivity contribution >= 4 is 10.0 Å². The molecule has 17 heavy (non-hydrogen) atoms. The third-order valence-electron chi connectivity index (χ3n) is 2.24. The molecule has 2 rings (SSSR count). The average Bonchev–Trinajstić information content (AvgIpc) is 2.31. The minimum absolute atomic E-state index is 0. The fourth-order valence-electron chi connectivity index (χ4n) is 1.45. The minimum Gasteiger partial charge on any atom is -0.573 e. The predicted octanol–water partition coefficient (Wildman–Crippen LogP) is -0.0131. The third kappa shape index (κ3) is 4.00. The van der Waals surface area contributed by atoms with Gasteiger partial charge in [0.15, 0.2) is 0 Å². The number of allylic oxidation sites excluding steroid dienone is 3. The van der Waals surface area contributed by atoms with Crippen LogP contribution in [0.1, 0.15) is 12.8 Å². The molecule has 0 bridgehead atoms. The van der Waals surface area contributed by atoms with Crippen molar-refractivity contribution in [1.82, 2.24) is 0 Å². The fraction of sp³-hybridized carbons (Fsp3) is 0.167. The van der Waals surface area contributed by atoms with Crippen LogP contribution in [0.3, 0.4) is 0 Å². The average molecular weight is 257 g/mol. The fourth-order valence-corrected chi connectivity index (χ4v) is 2.47. The summed E-state index contributed by atoms with van der Waals surface area (Å²) in [5.41, 5.74) is 0.523. The Morgan fingerprint density at radius 2 is 1.76 bits per heavy atom. The van der Waals surface area contributed by atoms with Crippen LogP contribution >= 0.6 is 0 Å². The number of hydrogen-bond acceptors (Lipinski definition) is 2. The van der Waals surface area contributed by atoms with Gasteiger partial charge in [-0.15, -0.1) is 5.70 Å². The number of sulfonamides is 1. The SMILES string of the molecule is O=S(=O)([N-]C1=CCCC=C1)c1ccccc1.[Na+]. The summed E-state index contributed by atoms with van der Waals surface area (Å²) in [4.78, 5) is 0.231. The van der Waals surface area contributed by atoms with Gasteiger partial charge in [-0.2, -0.15) is 0 Å². The summed E-state index contributed by atoms with van der Waals surface area (Å²) in [5.74, 6) is 0. The van der Waals surface area contributed by atoms with Crippen molar-refractivity contribution in [2.45, 2.75) is 17.7 Å². The van der Waals surface area contributed by atoms with E-state index in [1.807, 2.05) is 12.2 Å². The second-order valence-electron chi connectivity index (χ2n) is 3.49. The third-order valence-corrected chi connectivity index (χ3v) is 3.56. The monoisotopic (exact) mass is 257 g/mol. The van der Waals surface area contributed by atoms with E-state index in [1.165, 1.54) is 0 Å². The molecule has 0 atom stereocenters. The standard InChI is InChI=1S/C12H12NO2S.Na/c14-16(15,12-9-5-2-6-10-12)13-11-7-3-1-4-8-11;/h2-3,5-10H,1,4H2;/q-1;+1. The largest absolute Gasteiger partial charge is 1.00 e. The summed E-state index contributed by atoms with van der Waals surface area (Å²) in [6.45, 7) is 0. The van der Waals surface area contributed by atoms with Crippen LogP contribution in [0.15, 0.2) is 59.2 Å². The summed E-state index contributed by atoms with van der Waals surface area (Å²) in [7, 11) is -3.55. The molecule has 1 aliphatic rings. The zero-order valence-corrected chi connectivity index (χ0v) is 12.5. The molecular weight excluding hydrogens is 245 g/mol. The van der Waals surface area contributed by atoms with Crippen LogP contribution in [-0.4, -0.2) is 8.42 Å². The zero-order valence-electron chi connectivity index (χ0n) is 9.70. The van der Waals surface area contributed by atoms with Crippen LogP contribution in [0.5, 0.6) is 0 Å². The van der Waals surface area contributed by atoms with E-state index in [-0.39, 0.29) is 34.5 Å². The van der Waals surface area contributed by atoms with Gasteiger partial charge >= 0.3 is 29.6 Å². The molecule has 0 fully saturated rings. The first-order valence-electron chi connectivity index (χ1n) is 5.08. The molecular formula is C12H12NNaO2S. The maximum absolute atomic E-state index is 11.9. The van der Waals surface area contributed by atoms with Crippen molar-refractivity contribution < 1.29 is 38.0 Å². The molecule has 0 spiro atoms. The van der Waals surface area contributed by atoms with Crippen LogP contribution < -0.4 is 29.6 Å². The van der Waals surface area contributed by atoms with Crippen molar-refractivity contribution in [2.75, 3.05) is 0 Å². The van der Waals surface area contributed by atoms with Gasteiger partial charge in [0, 0.05) is 0 Å². The molecule has 0 N–H and O–H groups in total. The molecule has 0 amide bonds. The van der Waals surface area contributed by atoms with Crippen molar-refractivity contribution in [3.8, 4) is 0 Å². The first-order chi connectivity index (χ1) is 7.68. The van der Waals surface area contributed by atoms with Crippen LogP contribution in [0, 0.1) is 0 Å². The summed E-state index contributed by atoms with van der Waals surface area (Å²) in [6.07, 6.45) is 7.30. The van der Waals surface area contributed by atoms with Crippen LogP contribution in [-0.2, 0) is 10.0 Å². The molecule has 0 aliphatic heterocycles. The van der Waals surface area contributed by atoms with E-state index in [0.717, 1.165) is 12.8 Å². The van der Waals surface area contributed by atoms with E-state index >= 15 is 0 Å². The van der Waals surface area contributed by atoms with Crippen molar-refractivity contribution in [3.05, 3.63) is 59.0 Å². The van der Waals surface area contributed by atoms with Gasteiger partial charge in [0.25, 0.3) is 0 Å². The Morgan fingerprint density at radius 3 is 2.35 bits per heavy atom. The molecule has 0 heterocycles. The maximum Gasteiger partial charge on any atom is 1.00 e. The van der Waals surface area contributed by atoms with Crippen LogP contribution in [0.4, 0.5) is 0 Å². The second kappa shape index (κ2) is 6.40. The molecule has 84 valence electrons.